The molecule has 0 aromatic rings. The zero-order valence-electron chi connectivity index (χ0n) is 9.91. The number of amides is 1. The van der Waals surface area contributed by atoms with Gasteiger partial charge in [0, 0.05) is 19.0 Å². The van der Waals surface area contributed by atoms with Crippen molar-refractivity contribution in [2.75, 3.05) is 13.2 Å². The van der Waals surface area contributed by atoms with Gasteiger partial charge in [-0.25, -0.2) is 0 Å². The van der Waals surface area contributed by atoms with Gasteiger partial charge in [0.25, 0.3) is 0 Å². The Balaban J connectivity index is 2.34. The van der Waals surface area contributed by atoms with E-state index in [0.717, 1.165) is 25.7 Å². The van der Waals surface area contributed by atoms with E-state index in [0.29, 0.717) is 24.9 Å². The average Bonchev–Trinajstić information content (AvgIpc) is 2.97. The molecule has 1 aliphatic carbocycles. The van der Waals surface area contributed by atoms with E-state index in [4.69, 9.17) is 5.11 Å². The molecule has 1 rings (SSSR count). The second-order valence-electron chi connectivity index (χ2n) is 4.64. The summed E-state index contributed by atoms with van der Waals surface area (Å²) in [6.45, 7) is 4.88. The lowest BCUT2D eigenvalue weighted by Gasteiger charge is -2.23. The maximum atomic E-state index is 11.9. The van der Waals surface area contributed by atoms with Crippen molar-refractivity contribution < 1.29 is 9.90 Å². The molecule has 88 valence electrons. The van der Waals surface area contributed by atoms with Crippen LogP contribution in [0.25, 0.3) is 0 Å². The molecule has 1 aliphatic rings. The molecule has 0 heterocycles. The monoisotopic (exact) mass is 213 g/mol. The second kappa shape index (κ2) is 6.11. The molecular weight excluding hydrogens is 190 g/mol. The average molecular weight is 213 g/mol. The van der Waals surface area contributed by atoms with Crippen LogP contribution in [-0.2, 0) is 4.79 Å². The van der Waals surface area contributed by atoms with E-state index in [1.54, 1.807) is 0 Å². The highest BCUT2D eigenvalue weighted by Gasteiger charge is 2.32. The predicted octanol–water partition coefficient (Wildman–Crippen LogP) is 1.80. The Labute approximate surface area is 92.5 Å². The van der Waals surface area contributed by atoms with Gasteiger partial charge in [-0.2, -0.15) is 0 Å². The number of carbonyl (C=O) groups excluding carboxylic acids is 1. The minimum absolute atomic E-state index is 0.0877. The topological polar surface area (TPSA) is 40.5 Å². The summed E-state index contributed by atoms with van der Waals surface area (Å²) < 4.78 is 0. The predicted molar refractivity (Wildman–Crippen MR) is 60.5 cm³/mol. The first kappa shape index (κ1) is 12.5. The largest absolute Gasteiger partial charge is 0.395 e. The lowest BCUT2D eigenvalue weighted by atomic mass is 10.0. The molecule has 0 bridgehead atoms. The molecule has 1 atom stereocenters. The highest BCUT2D eigenvalue weighted by atomic mass is 16.3. The Morgan fingerprint density at radius 3 is 2.67 bits per heavy atom. The van der Waals surface area contributed by atoms with Gasteiger partial charge in [-0.1, -0.05) is 26.7 Å². The molecule has 1 N–H and O–H groups in total. The third-order valence-electron chi connectivity index (χ3n) is 2.95. The maximum absolute atomic E-state index is 11.9. The van der Waals surface area contributed by atoms with Gasteiger partial charge < -0.3 is 10.0 Å². The molecule has 15 heavy (non-hydrogen) atoms. The summed E-state index contributed by atoms with van der Waals surface area (Å²) in [7, 11) is 0. The van der Waals surface area contributed by atoms with Crippen LogP contribution < -0.4 is 0 Å². The van der Waals surface area contributed by atoms with Gasteiger partial charge in [-0.05, 0) is 18.8 Å². The molecule has 0 spiro atoms. The minimum atomic E-state index is 0.0877. The Hall–Kier alpha value is -0.570. The van der Waals surface area contributed by atoms with E-state index in [2.05, 4.69) is 13.8 Å². The van der Waals surface area contributed by atoms with E-state index in [1.807, 2.05) is 4.90 Å². The van der Waals surface area contributed by atoms with Crippen molar-refractivity contribution in [1.82, 2.24) is 4.90 Å². The Morgan fingerprint density at radius 2 is 2.20 bits per heavy atom. The lowest BCUT2D eigenvalue weighted by Crippen LogP contribution is -2.36. The van der Waals surface area contributed by atoms with Crippen LogP contribution in [0.3, 0.4) is 0 Å². The second-order valence-corrected chi connectivity index (χ2v) is 4.64. The third-order valence-corrected chi connectivity index (χ3v) is 2.95. The molecular formula is C12H23NO2. The van der Waals surface area contributed by atoms with Crippen molar-refractivity contribution >= 4 is 5.91 Å². The number of hydrogen-bond donors (Lipinski definition) is 1. The van der Waals surface area contributed by atoms with Crippen LogP contribution in [-0.4, -0.2) is 35.1 Å². The van der Waals surface area contributed by atoms with Gasteiger partial charge >= 0.3 is 0 Å². The first-order valence-electron chi connectivity index (χ1n) is 6.09. The van der Waals surface area contributed by atoms with Gasteiger partial charge in [-0.3, -0.25) is 4.79 Å². The zero-order valence-corrected chi connectivity index (χ0v) is 9.91. The minimum Gasteiger partial charge on any atom is -0.395 e. The van der Waals surface area contributed by atoms with Crippen LogP contribution in [0.15, 0.2) is 0 Å². The normalized spacial score (nSPS) is 17.5. The fraction of sp³-hybridized carbons (Fsp3) is 0.917. The quantitative estimate of drug-likeness (QED) is 0.700. The first-order valence-corrected chi connectivity index (χ1v) is 6.09. The van der Waals surface area contributed by atoms with Gasteiger partial charge in [0.2, 0.25) is 5.91 Å². The fourth-order valence-corrected chi connectivity index (χ4v) is 2.02. The molecule has 0 aromatic heterocycles. The molecule has 0 aromatic carbocycles. The summed E-state index contributed by atoms with van der Waals surface area (Å²) in [5, 5.41) is 8.91. The molecule has 0 saturated heterocycles. The Kier molecular flexibility index (Phi) is 5.09. The molecule has 1 amide bonds. The van der Waals surface area contributed by atoms with Crippen molar-refractivity contribution in [2.24, 2.45) is 5.92 Å². The highest BCUT2D eigenvalue weighted by molar-refractivity contribution is 5.77. The lowest BCUT2D eigenvalue weighted by molar-refractivity contribution is -0.133. The summed E-state index contributed by atoms with van der Waals surface area (Å²) in [4.78, 5) is 13.8. The standard InChI is InChI=1S/C12H23NO2/c1-3-4-10(2)9-12(15)13(7-8-14)11-5-6-11/h10-11,14H,3-9H2,1-2H3. The van der Waals surface area contributed by atoms with Crippen molar-refractivity contribution in [3.63, 3.8) is 0 Å². The number of carbonyl (C=O) groups is 1. The van der Waals surface area contributed by atoms with E-state index in [1.165, 1.54) is 0 Å². The summed E-state index contributed by atoms with van der Waals surface area (Å²) in [6, 6.07) is 0.429. The van der Waals surface area contributed by atoms with Crippen LogP contribution in [0.4, 0.5) is 0 Å². The molecule has 3 heteroatoms. The third kappa shape index (κ3) is 4.20. The van der Waals surface area contributed by atoms with E-state index >= 15 is 0 Å². The number of rotatable bonds is 7. The summed E-state index contributed by atoms with van der Waals surface area (Å²) in [5.74, 6) is 0.704. The molecule has 0 radical (unpaired) electrons. The van der Waals surface area contributed by atoms with Crippen LogP contribution in [0.2, 0.25) is 0 Å². The molecule has 1 unspecified atom stereocenters. The van der Waals surface area contributed by atoms with Gasteiger partial charge in [0.05, 0.1) is 6.61 Å². The molecule has 1 saturated carbocycles. The van der Waals surface area contributed by atoms with Gasteiger partial charge in [-0.15, -0.1) is 0 Å². The summed E-state index contributed by atoms with van der Waals surface area (Å²) >= 11 is 0. The fourth-order valence-electron chi connectivity index (χ4n) is 2.02. The van der Waals surface area contributed by atoms with Crippen LogP contribution in [0.1, 0.15) is 46.0 Å². The van der Waals surface area contributed by atoms with Gasteiger partial charge in [0.15, 0.2) is 0 Å². The van der Waals surface area contributed by atoms with E-state index in [-0.39, 0.29) is 12.5 Å². The SMILES string of the molecule is CCCC(C)CC(=O)N(CCO)C1CC1. The smallest absolute Gasteiger partial charge is 0.223 e. The zero-order chi connectivity index (χ0) is 11.3. The summed E-state index contributed by atoms with van der Waals surface area (Å²) in [5.41, 5.74) is 0. The van der Waals surface area contributed by atoms with Crippen molar-refractivity contribution in [3.05, 3.63) is 0 Å². The van der Waals surface area contributed by atoms with Crippen LogP contribution >= 0.6 is 0 Å². The van der Waals surface area contributed by atoms with Crippen molar-refractivity contribution in [1.29, 1.82) is 0 Å². The molecule has 1 fully saturated rings. The number of aliphatic hydroxyl groups is 1. The van der Waals surface area contributed by atoms with E-state index < -0.39 is 0 Å². The Morgan fingerprint density at radius 1 is 1.53 bits per heavy atom. The maximum Gasteiger partial charge on any atom is 0.223 e. The molecule has 3 nitrogen and oxygen atoms in total. The number of aliphatic hydroxyl groups excluding tert-OH is 1. The van der Waals surface area contributed by atoms with Crippen LogP contribution in [0.5, 0.6) is 0 Å². The first-order chi connectivity index (χ1) is 7.19. The van der Waals surface area contributed by atoms with Crippen LogP contribution in [0, 0.1) is 5.92 Å². The Bertz CT molecular complexity index is 202. The number of nitrogens with zero attached hydrogens (tertiary/aromatic N) is 1. The van der Waals surface area contributed by atoms with Gasteiger partial charge in [0.1, 0.15) is 0 Å². The molecule has 0 aliphatic heterocycles. The van der Waals surface area contributed by atoms with E-state index in [9.17, 15) is 4.79 Å². The summed E-state index contributed by atoms with van der Waals surface area (Å²) in [6.07, 6.45) is 5.13. The number of hydrogen-bond acceptors (Lipinski definition) is 2. The van der Waals surface area contributed by atoms with Crippen molar-refractivity contribution in [2.45, 2.75) is 52.0 Å². The highest BCUT2D eigenvalue weighted by Crippen LogP contribution is 2.27. The van der Waals surface area contributed by atoms with Crippen molar-refractivity contribution in [3.8, 4) is 0 Å².